The second kappa shape index (κ2) is 6.53. The van der Waals surface area contributed by atoms with Crippen molar-refractivity contribution in [2.75, 3.05) is 32.8 Å². The number of aliphatic hydroxyl groups is 1. The van der Waals surface area contributed by atoms with Crippen LogP contribution in [0.5, 0.6) is 0 Å². The van der Waals surface area contributed by atoms with Gasteiger partial charge in [0.25, 0.3) is 5.91 Å². The quantitative estimate of drug-likeness (QED) is 0.766. The number of aryl methyl sites for hydroxylation is 1. The minimum atomic E-state index is -0.468. The fraction of sp³-hybridized carbons (Fsp3) is 0.429. The number of piperazine rings is 1. The number of benzene rings is 1. The monoisotopic (exact) mass is 388 g/mol. The van der Waals surface area contributed by atoms with Crippen molar-refractivity contribution >= 4 is 34.4 Å². The predicted molar refractivity (Wildman–Crippen MR) is 83.5 cm³/mol. The first-order valence-electron chi connectivity index (χ1n) is 6.47. The van der Waals surface area contributed by atoms with Gasteiger partial charge < -0.3 is 14.9 Å². The molecular weight excluding hydrogens is 371 g/mol. The lowest BCUT2D eigenvalue weighted by molar-refractivity contribution is -0.135. The Kier molecular flexibility index (Phi) is 4.98. The molecule has 0 spiro atoms. The van der Waals surface area contributed by atoms with E-state index < -0.39 is 6.61 Å². The third kappa shape index (κ3) is 3.29. The molecule has 0 aliphatic carbocycles. The average Bonchev–Trinajstić information content (AvgIpc) is 2.48. The Labute approximate surface area is 131 Å². The van der Waals surface area contributed by atoms with Gasteiger partial charge in [-0.1, -0.05) is 6.07 Å². The minimum Gasteiger partial charge on any atom is -0.387 e. The van der Waals surface area contributed by atoms with Crippen LogP contribution in [-0.2, 0) is 4.79 Å². The number of carbonyl (C=O) groups excluding carboxylic acids is 2. The normalized spacial score (nSPS) is 15.3. The lowest BCUT2D eigenvalue weighted by atomic mass is 10.1. The van der Waals surface area contributed by atoms with Crippen LogP contribution >= 0.6 is 22.6 Å². The largest absolute Gasteiger partial charge is 0.387 e. The van der Waals surface area contributed by atoms with Gasteiger partial charge in [-0.15, -0.1) is 0 Å². The molecule has 5 nitrogen and oxygen atoms in total. The van der Waals surface area contributed by atoms with Crippen molar-refractivity contribution in [1.82, 2.24) is 9.80 Å². The molecule has 1 aliphatic heterocycles. The molecule has 1 saturated heterocycles. The second-order valence-corrected chi connectivity index (χ2v) is 5.96. The van der Waals surface area contributed by atoms with Crippen molar-refractivity contribution in [1.29, 1.82) is 0 Å². The fourth-order valence-electron chi connectivity index (χ4n) is 2.17. The van der Waals surface area contributed by atoms with E-state index in [0.717, 1.165) is 9.13 Å². The number of nitrogens with zero attached hydrogens (tertiary/aromatic N) is 2. The van der Waals surface area contributed by atoms with Crippen molar-refractivity contribution in [2.45, 2.75) is 6.92 Å². The summed E-state index contributed by atoms with van der Waals surface area (Å²) >= 11 is 2.22. The van der Waals surface area contributed by atoms with Gasteiger partial charge in [-0.2, -0.15) is 0 Å². The van der Waals surface area contributed by atoms with E-state index in [2.05, 4.69) is 22.6 Å². The van der Waals surface area contributed by atoms with Crippen LogP contribution in [0.3, 0.4) is 0 Å². The maximum Gasteiger partial charge on any atom is 0.254 e. The van der Waals surface area contributed by atoms with Gasteiger partial charge >= 0.3 is 0 Å². The van der Waals surface area contributed by atoms with Crippen molar-refractivity contribution < 1.29 is 14.7 Å². The summed E-state index contributed by atoms with van der Waals surface area (Å²) < 4.78 is 1.07. The second-order valence-electron chi connectivity index (χ2n) is 4.80. The average molecular weight is 388 g/mol. The minimum absolute atomic E-state index is 0.000913. The summed E-state index contributed by atoms with van der Waals surface area (Å²) in [7, 11) is 0. The standard InChI is InChI=1S/C14H17IN2O3/c1-10-2-3-11(8-12(10)15)14(20)17-6-4-16(5-7-17)13(19)9-18/h2-3,8,18H,4-7,9H2,1H3. The van der Waals surface area contributed by atoms with Crippen LogP contribution < -0.4 is 0 Å². The third-order valence-corrected chi connectivity index (χ3v) is 4.64. The molecule has 20 heavy (non-hydrogen) atoms. The molecule has 1 heterocycles. The van der Waals surface area contributed by atoms with E-state index in [0.29, 0.717) is 31.7 Å². The SMILES string of the molecule is Cc1ccc(C(=O)N2CCN(C(=O)CO)CC2)cc1I. The molecule has 0 saturated carbocycles. The van der Waals surface area contributed by atoms with Gasteiger partial charge in [-0.3, -0.25) is 9.59 Å². The summed E-state index contributed by atoms with van der Waals surface area (Å²) in [6.07, 6.45) is 0. The van der Waals surface area contributed by atoms with E-state index in [9.17, 15) is 9.59 Å². The van der Waals surface area contributed by atoms with Crippen molar-refractivity contribution in [3.05, 3.63) is 32.9 Å². The highest BCUT2D eigenvalue weighted by Gasteiger charge is 2.24. The Bertz CT molecular complexity index is 525. The summed E-state index contributed by atoms with van der Waals surface area (Å²) in [5.74, 6) is -0.277. The Hall–Kier alpha value is -1.15. The van der Waals surface area contributed by atoms with Crippen molar-refractivity contribution in [2.24, 2.45) is 0 Å². The predicted octanol–water partition coefficient (Wildman–Crippen LogP) is 0.876. The van der Waals surface area contributed by atoms with E-state index in [1.54, 1.807) is 9.80 Å². The van der Waals surface area contributed by atoms with Gasteiger partial charge in [0.15, 0.2) is 0 Å². The smallest absolute Gasteiger partial charge is 0.254 e. The molecule has 0 unspecified atom stereocenters. The lowest BCUT2D eigenvalue weighted by Crippen LogP contribution is -2.51. The number of amides is 2. The summed E-state index contributed by atoms with van der Waals surface area (Å²) in [6, 6.07) is 5.68. The first-order valence-corrected chi connectivity index (χ1v) is 7.55. The Morgan fingerprint density at radius 1 is 1.20 bits per heavy atom. The van der Waals surface area contributed by atoms with E-state index in [1.807, 2.05) is 25.1 Å². The molecule has 108 valence electrons. The van der Waals surface area contributed by atoms with Gasteiger partial charge in [0.1, 0.15) is 6.61 Å². The van der Waals surface area contributed by atoms with Gasteiger partial charge in [0, 0.05) is 35.3 Å². The Morgan fingerprint density at radius 2 is 1.80 bits per heavy atom. The van der Waals surface area contributed by atoms with Gasteiger partial charge in [-0.25, -0.2) is 0 Å². The molecule has 0 aromatic heterocycles. The van der Waals surface area contributed by atoms with Crippen molar-refractivity contribution in [3.63, 3.8) is 0 Å². The summed E-state index contributed by atoms with van der Waals surface area (Å²) in [5.41, 5.74) is 1.84. The van der Waals surface area contributed by atoms with Crippen LogP contribution in [0.15, 0.2) is 18.2 Å². The number of carbonyl (C=O) groups is 2. The molecule has 6 heteroatoms. The zero-order valence-corrected chi connectivity index (χ0v) is 13.5. The van der Waals surface area contributed by atoms with E-state index >= 15 is 0 Å². The van der Waals surface area contributed by atoms with Gasteiger partial charge in [-0.05, 0) is 47.2 Å². The zero-order valence-electron chi connectivity index (χ0n) is 11.3. The van der Waals surface area contributed by atoms with Gasteiger partial charge in [0.05, 0.1) is 0 Å². The first kappa shape index (κ1) is 15.2. The van der Waals surface area contributed by atoms with Crippen LogP contribution in [-0.4, -0.2) is 59.5 Å². The molecule has 1 aromatic rings. The number of hydrogen-bond acceptors (Lipinski definition) is 3. The van der Waals surface area contributed by atoms with Crippen LogP contribution in [0, 0.1) is 10.5 Å². The zero-order chi connectivity index (χ0) is 14.7. The summed E-state index contributed by atoms with van der Waals surface area (Å²) in [4.78, 5) is 27.1. The van der Waals surface area contributed by atoms with Crippen LogP contribution in [0.2, 0.25) is 0 Å². The highest BCUT2D eigenvalue weighted by atomic mass is 127. The molecule has 0 bridgehead atoms. The summed E-state index contributed by atoms with van der Waals surface area (Å²) in [5, 5.41) is 8.82. The van der Waals surface area contributed by atoms with Gasteiger partial charge in [0.2, 0.25) is 5.91 Å². The molecule has 0 radical (unpaired) electrons. The molecule has 1 fully saturated rings. The van der Waals surface area contributed by atoms with E-state index in [4.69, 9.17) is 5.11 Å². The van der Waals surface area contributed by atoms with Crippen LogP contribution in [0.4, 0.5) is 0 Å². The Balaban J connectivity index is 2.01. The van der Waals surface area contributed by atoms with Crippen LogP contribution in [0.1, 0.15) is 15.9 Å². The molecule has 2 amide bonds. The maximum atomic E-state index is 12.4. The fourth-order valence-corrected chi connectivity index (χ4v) is 2.68. The number of aliphatic hydroxyl groups excluding tert-OH is 1. The van der Waals surface area contributed by atoms with Crippen LogP contribution in [0.25, 0.3) is 0 Å². The van der Waals surface area contributed by atoms with E-state index in [1.165, 1.54) is 0 Å². The highest BCUT2D eigenvalue weighted by molar-refractivity contribution is 14.1. The number of halogens is 1. The first-order chi connectivity index (χ1) is 9.52. The summed E-state index contributed by atoms with van der Waals surface area (Å²) in [6.45, 7) is 3.52. The molecule has 1 N–H and O–H groups in total. The molecular formula is C14H17IN2O3. The number of hydrogen-bond donors (Lipinski definition) is 1. The Morgan fingerprint density at radius 3 is 2.35 bits per heavy atom. The van der Waals surface area contributed by atoms with E-state index in [-0.39, 0.29) is 11.8 Å². The number of rotatable bonds is 2. The third-order valence-electron chi connectivity index (χ3n) is 3.47. The highest BCUT2D eigenvalue weighted by Crippen LogP contribution is 2.16. The molecule has 1 aliphatic rings. The molecule has 1 aromatic carbocycles. The lowest BCUT2D eigenvalue weighted by Gasteiger charge is -2.34. The maximum absolute atomic E-state index is 12.4. The topological polar surface area (TPSA) is 60.9 Å². The molecule has 0 atom stereocenters. The van der Waals surface area contributed by atoms with Crippen molar-refractivity contribution in [3.8, 4) is 0 Å². The molecule has 2 rings (SSSR count).